The summed E-state index contributed by atoms with van der Waals surface area (Å²) in [5, 5.41) is 3.94. The number of hydrogen-bond donors (Lipinski definition) is 1. The summed E-state index contributed by atoms with van der Waals surface area (Å²) in [5.74, 6) is -0.762. The van der Waals surface area contributed by atoms with Crippen molar-refractivity contribution in [1.82, 2.24) is 10.3 Å². The second-order valence-corrected chi connectivity index (χ2v) is 7.27. The molecule has 3 aromatic rings. The van der Waals surface area contributed by atoms with Crippen LogP contribution in [0.4, 0.5) is 0 Å². The minimum atomic E-state index is -1.05. The van der Waals surface area contributed by atoms with Crippen molar-refractivity contribution in [3.8, 4) is 0 Å². The van der Waals surface area contributed by atoms with Crippen molar-refractivity contribution in [3.05, 3.63) is 83.6 Å². The predicted molar refractivity (Wildman–Crippen MR) is 112 cm³/mol. The smallest absolute Gasteiger partial charge is 0.331 e. The summed E-state index contributed by atoms with van der Waals surface area (Å²) < 4.78 is 5.03. The molecular weight excluding hydrogens is 364 g/mol. The first-order valence-electron chi connectivity index (χ1n) is 9.61. The molecule has 0 spiro atoms. The highest BCUT2D eigenvalue weighted by atomic mass is 16.5. The Bertz CT molecular complexity index is 1110. The highest BCUT2D eigenvalue weighted by molar-refractivity contribution is 5.96. The number of fused-ring (bicyclic) bond motifs is 2. The van der Waals surface area contributed by atoms with E-state index in [-0.39, 0.29) is 5.91 Å². The van der Waals surface area contributed by atoms with Crippen LogP contribution in [0.15, 0.2) is 66.7 Å². The van der Waals surface area contributed by atoms with Gasteiger partial charge in [0.05, 0.1) is 18.3 Å². The van der Waals surface area contributed by atoms with Gasteiger partial charge in [-0.25, -0.2) is 9.78 Å². The van der Waals surface area contributed by atoms with Gasteiger partial charge in [-0.1, -0.05) is 48.5 Å². The number of nitrogens with one attached hydrogen (secondary N) is 1. The van der Waals surface area contributed by atoms with E-state index in [1.807, 2.05) is 54.6 Å². The zero-order valence-corrected chi connectivity index (χ0v) is 16.2. The Kier molecular flexibility index (Phi) is 5.12. The van der Waals surface area contributed by atoms with Crippen molar-refractivity contribution >= 4 is 28.9 Å². The summed E-state index contributed by atoms with van der Waals surface area (Å²) in [6.07, 6.45) is 4.71. The lowest BCUT2D eigenvalue weighted by Gasteiger charge is -2.36. The third-order valence-corrected chi connectivity index (χ3v) is 5.40. The number of aryl methyl sites for hydroxylation is 1. The normalized spacial score (nSPS) is 18.4. The van der Waals surface area contributed by atoms with Gasteiger partial charge < -0.3 is 10.1 Å². The first-order chi connectivity index (χ1) is 14.1. The fourth-order valence-electron chi connectivity index (χ4n) is 3.88. The molecule has 29 heavy (non-hydrogen) atoms. The van der Waals surface area contributed by atoms with Crippen LogP contribution in [0.5, 0.6) is 0 Å². The lowest BCUT2D eigenvalue weighted by atomic mass is 9.78. The van der Waals surface area contributed by atoms with Crippen LogP contribution in [0, 0.1) is 0 Å². The summed E-state index contributed by atoms with van der Waals surface area (Å²) in [6.45, 7) is 0. The number of amides is 1. The van der Waals surface area contributed by atoms with E-state index in [2.05, 4.69) is 16.4 Å². The first kappa shape index (κ1) is 18.9. The van der Waals surface area contributed by atoms with E-state index >= 15 is 0 Å². The van der Waals surface area contributed by atoms with Crippen LogP contribution in [0.3, 0.4) is 0 Å². The zero-order valence-electron chi connectivity index (χ0n) is 16.2. The van der Waals surface area contributed by atoms with Crippen LogP contribution in [-0.4, -0.2) is 29.5 Å². The molecule has 0 aliphatic heterocycles. The molecule has 5 heteroatoms. The number of esters is 1. The third kappa shape index (κ3) is 3.90. The predicted octanol–water partition coefficient (Wildman–Crippen LogP) is 3.46. The van der Waals surface area contributed by atoms with Crippen molar-refractivity contribution in [1.29, 1.82) is 0 Å². The second kappa shape index (κ2) is 7.87. The summed E-state index contributed by atoms with van der Waals surface area (Å²) >= 11 is 0. The largest absolute Gasteiger partial charge is 0.467 e. The maximum absolute atomic E-state index is 12.7. The van der Waals surface area contributed by atoms with Crippen molar-refractivity contribution in [2.75, 3.05) is 7.11 Å². The fourth-order valence-corrected chi connectivity index (χ4v) is 3.88. The molecule has 0 bridgehead atoms. The van der Waals surface area contributed by atoms with Crippen LogP contribution < -0.4 is 5.32 Å². The van der Waals surface area contributed by atoms with Crippen LogP contribution in [0.1, 0.15) is 23.2 Å². The average Bonchev–Trinajstić information content (AvgIpc) is 2.76. The number of aromatic nitrogens is 1. The zero-order chi connectivity index (χ0) is 20.3. The maximum atomic E-state index is 12.7. The topological polar surface area (TPSA) is 68.3 Å². The number of hydrogen-bond acceptors (Lipinski definition) is 4. The number of benzene rings is 2. The van der Waals surface area contributed by atoms with Crippen LogP contribution in [0.25, 0.3) is 17.0 Å². The molecule has 0 saturated heterocycles. The van der Waals surface area contributed by atoms with E-state index in [0.29, 0.717) is 25.0 Å². The lowest BCUT2D eigenvalue weighted by molar-refractivity contribution is -0.151. The Morgan fingerprint density at radius 1 is 1.03 bits per heavy atom. The minimum absolute atomic E-state index is 0.343. The molecule has 0 radical (unpaired) electrons. The molecular formula is C24H22N2O3. The minimum Gasteiger partial charge on any atom is -0.467 e. The van der Waals surface area contributed by atoms with E-state index in [1.165, 1.54) is 18.7 Å². The van der Waals surface area contributed by atoms with E-state index in [4.69, 9.17) is 4.74 Å². The van der Waals surface area contributed by atoms with Gasteiger partial charge in [0.15, 0.2) is 0 Å². The molecule has 1 unspecified atom stereocenters. The summed E-state index contributed by atoms with van der Waals surface area (Å²) in [6, 6.07) is 19.6. The second-order valence-electron chi connectivity index (χ2n) is 7.27. The van der Waals surface area contributed by atoms with Gasteiger partial charge in [0.2, 0.25) is 5.91 Å². The summed E-state index contributed by atoms with van der Waals surface area (Å²) in [7, 11) is 1.35. The fraction of sp³-hybridized carbons (Fsp3) is 0.208. The monoisotopic (exact) mass is 386 g/mol. The highest BCUT2D eigenvalue weighted by Crippen LogP contribution is 2.30. The Labute approximate surface area is 169 Å². The Hall–Kier alpha value is -3.47. The molecule has 2 aromatic carbocycles. The van der Waals surface area contributed by atoms with Crippen LogP contribution in [0.2, 0.25) is 0 Å². The number of methoxy groups -OCH3 is 1. The molecule has 0 saturated carbocycles. The molecule has 4 rings (SSSR count). The molecule has 0 fully saturated rings. The van der Waals surface area contributed by atoms with Gasteiger partial charge in [0.25, 0.3) is 0 Å². The van der Waals surface area contributed by atoms with E-state index < -0.39 is 11.5 Å². The molecule has 1 atom stereocenters. The molecule has 1 N–H and O–H groups in total. The number of rotatable bonds is 4. The van der Waals surface area contributed by atoms with Crippen molar-refractivity contribution in [2.24, 2.45) is 0 Å². The van der Waals surface area contributed by atoms with Crippen molar-refractivity contribution in [2.45, 2.75) is 24.8 Å². The number of para-hydroxylation sites is 1. The first-order valence-corrected chi connectivity index (χ1v) is 9.61. The lowest BCUT2D eigenvalue weighted by Crippen LogP contribution is -2.58. The molecule has 1 aromatic heterocycles. The number of carbonyl (C=O) groups excluding carboxylic acids is 2. The highest BCUT2D eigenvalue weighted by Gasteiger charge is 2.43. The Morgan fingerprint density at radius 3 is 2.62 bits per heavy atom. The number of carbonyl (C=O) groups is 2. The molecule has 146 valence electrons. The molecule has 1 aliphatic carbocycles. The van der Waals surface area contributed by atoms with Gasteiger partial charge in [-0.15, -0.1) is 0 Å². The molecule has 1 amide bonds. The van der Waals surface area contributed by atoms with Gasteiger partial charge in [-0.2, -0.15) is 0 Å². The van der Waals surface area contributed by atoms with Gasteiger partial charge in [-0.05, 0) is 42.2 Å². The Balaban J connectivity index is 1.54. The van der Waals surface area contributed by atoms with Crippen LogP contribution in [-0.2, 0) is 27.2 Å². The summed E-state index contributed by atoms with van der Waals surface area (Å²) in [5.41, 5.74) is 2.76. The standard InChI is InChI=1S/C24H22N2O3/c1-29-23(28)24(15-14-17-6-2-3-8-19(17)16-24)26-22(27)13-12-20-11-10-18-7-4-5-9-21(18)25-20/h2-13H,14-16H2,1H3,(H,26,27)/b13-12+. The van der Waals surface area contributed by atoms with Gasteiger partial charge in [-0.3, -0.25) is 4.79 Å². The van der Waals surface area contributed by atoms with Crippen LogP contribution >= 0.6 is 0 Å². The van der Waals surface area contributed by atoms with Crippen molar-refractivity contribution in [3.63, 3.8) is 0 Å². The Morgan fingerprint density at radius 2 is 1.79 bits per heavy atom. The van der Waals surface area contributed by atoms with Crippen molar-refractivity contribution < 1.29 is 14.3 Å². The summed E-state index contributed by atoms with van der Waals surface area (Å²) in [4.78, 5) is 29.8. The average molecular weight is 386 g/mol. The SMILES string of the molecule is COC(=O)C1(NC(=O)/C=C/c2ccc3ccccc3n2)CCc2ccccc2C1. The molecule has 1 heterocycles. The number of nitrogens with zero attached hydrogens (tertiary/aromatic N) is 1. The van der Waals surface area contributed by atoms with Gasteiger partial charge in [0.1, 0.15) is 5.54 Å². The maximum Gasteiger partial charge on any atom is 0.331 e. The number of pyridine rings is 1. The van der Waals surface area contributed by atoms with Gasteiger partial charge >= 0.3 is 5.97 Å². The quantitative estimate of drug-likeness (QED) is 0.551. The van der Waals surface area contributed by atoms with E-state index in [9.17, 15) is 9.59 Å². The molecule has 1 aliphatic rings. The van der Waals surface area contributed by atoms with E-state index in [0.717, 1.165) is 16.5 Å². The van der Waals surface area contributed by atoms with E-state index in [1.54, 1.807) is 6.08 Å². The van der Waals surface area contributed by atoms with Gasteiger partial charge in [0, 0.05) is 17.9 Å². The molecule has 5 nitrogen and oxygen atoms in total. The number of ether oxygens (including phenoxy) is 1. The third-order valence-electron chi connectivity index (χ3n) is 5.40.